The van der Waals surface area contributed by atoms with E-state index in [4.69, 9.17) is 5.11 Å². The molecule has 2 aliphatic carbocycles. The molecule has 0 radical (unpaired) electrons. The maximum absolute atomic E-state index is 12.1. The molecule has 41 heavy (non-hydrogen) atoms. The number of allylic oxidation sites excluding steroid dienone is 2. The fourth-order valence-corrected chi connectivity index (χ4v) is 4.79. The van der Waals surface area contributed by atoms with E-state index in [0.29, 0.717) is 22.3 Å². The first-order valence-corrected chi connectivity index (χ1v) is 12.9. The third-order valence-corrected chi connectivity index (χ3v) is 7.59. The largest absolute Gasteiger partial charge is 0.511 e. The van der Waals surface area contributed by atoms with Crippen LogP contribution in [0.3, 0.4) is 0 Å². The SMILES string of the molecule is CC1=C(O)C(C)(C(=O)O)C(C)(O)C(O)=C1.O=C1c2ccccc2C(=O)c2ccccc21.c1ccc2ccccc2c1. The molecule has 208 valence electrons. The molecule has 7 heteroatoms. The van der Waals surface area contributed by atoms with Gasteiger partial charge in [-0.3, -0.25) is 14.4 Å². The molecule has 0 saturated carbocycles. The van der Waals surface area contributed by atoms with Crippen LogP contribution in [0.2, 0.25) is 0 Å². The van der Waals surface area contributed by atoms with Crippen LogP contribution in [0, 0.1) is 5.41 Å². The number of hydrogen-bond donors (Lipinski definition) is 4. The molecule has 4 aromatic rings. The Balaban J connectivity index is 0.000000145. The number of carboxylic acid groups (broad SMARTS) is 1. The van der Waals surface area contributed by atoms with Gasteiger partial charge in [0.25, 0.3) is 0 Å². The maximum Gasteiger partial charge on any atom is 0.320 e. The molecule has 6 rings (SSSR count). The number of ketones is 2. The molecule has 2 aliphatic rings. The molecule has 0 fully saturated rings. The van der Waals surface area contributed by atoms with Gasteiger partial charge in [0.2, 0.25) is 0 Å². The van der Waals surface area contributed by atoms with Crippen LogP contribution in [-0.2, 0) is 4.79 Å². The van der Waals surface area contributed by atoms with Crippen molar-refractivity contribution in [2.24, 2.45) is 5.41 Å². The molecule has 7 nitrogen and oxygen atoms in total. The molecule has 0 aliphatic heterocycles. The lowest BCUT2D eigenvalue weighted by molar-refractivity contribution is -0.163. The lowest BCUT2D eigenvalue weighted by atomic mass is 9.68. The van der Waals surface area contributed by atoms with Gasteiger partial charge >= 0.3 is 5.97 Å². The summed E-state index contributed by atoms with van der Waals surface area (Å²) in [5.74, 6) is -2.44. The van der Waals surface area contributed by atoms with Gasteiger partial charge in [-0.25, -0.2) is 0 Å². The van der Waals surface area contributed by atoms with Crippen molar-refractivity contribution in [1.29, 1.82) is 0 Å². The summed E-state index contributed by atoms with van der Waals surface area (Å²) in [7, 11) is 0. The average Bonchev–Trinajstić information content (AvgIpc) is 2.99. The van der Waals surface area contributed by atoms with Crippen LogP contribution in [0.4, 0.5) is 0 Å². The lowest BCUT2D eigenvalue weighted by Crippen LogP contribution is -2.53. The second-order valence-corrected chi connectivity index (χ2v) is 10.2. The molecular formula is C34H30O7. The molecule has 0 heterocycles. The van der Waals surface area contributed by atoms with Crippen molar-refractivity contribution in [3.05, 3.63) is 142 Å². The van der Waals surface area contributed by atoms with Crippen molar-refractivity contribution < 1.29 is 34.8 Å². The molecule has 0 bridgehead atoms. The van der Waals surface area contributed by atoms with Gasteiger partial charge in [0.05, 0.1) is 0 Å². The van der Waals surface area contributed by atoms with Gasteiger partial charge in [-0.05, 0) is 43.2 Å². The number of carboxylic acids is 1. The number of aliphatic carboxylic acids is 1. The topological polar surface area (TPSA) is 132 Å². The van der Waals surface area contributed by atoms with Gasteiger partial charge < -0.3 is 20.4 Å². The summed E-state index contributed by atoms with van der Waals surface area (Å²) in [6, 6.07) is 30.6. The van der Waals surface area contributed by atoms with Crippen molar-refractivity contribution in [1.82, 2.24) is 0 Å². The van der Waals surface area contributed by atoms with E-state index in [2.05, 4.69) is 48.5 Å². The average molecular weight is 551 g/mol. The Morgan fingerprint density at radius 3 is 1.27 bits per heavy atom. The third kappa shape index (κ3) is 5.15. The van der Waals surface area contributed by atoms with Gasteiger partial charge in [0.15, 0.2) is 17.0 Å². The van der Waals surface area contributed by atoms with Crippen molar-refractivity contribution in [3.63, 3.8) is 0 Å². The molecule has 4 aromatic carbocycles. The second-order valence-electron chi connectivity index (χ2n) is 10.2. The van der Waals surface area contributed by atoms with Crippen LogP contribution in [-0.4, -0.2) is 43.6 Å². The van der Waals surface area contributed by atoms with Crippen LogP contribution in [0.25, 0.3) is 10.8 Å². The van der Waals surface area contributed by atoms with E-state index in [9.17, 15) is 29.7 Å². The van der Waals surface area contributed by atoms with E-state index < -0.39 is 28.5 Å². The highest BCUT2D eigenvalue weighted by Gasteiger charge is 2.57. The number of aliphatic hydroxyl groups excluding tert-OH is 2. The minimum absolute atomic E-state index is 0.0641. The highest BCUT2D eigenvalue weighted by Crippen LogP contribution is 2.46. The first kappa shape index (κ1) is 29.0. The Labute approximate surface area is 237 Å². The van der Waals surface area contributed by atoms with Crippen molar-refractivity contribution >= 4 is 28.3 Å². The number of rotatable bonds is 1. The summed E-state index contributed by atoms with van der Waals surface area (Å²) >= 11 is 0. The standard InChI is InChI=1S/C14H8O2.C10H14O5.C10H8/c15-13-9-5-1-2-6-10(9)14(16)12-8-4-3-7-11(12)13;1-5-4-6(11)10(3,15)9(2,7(5)12)8(13)14;1-2-6-10-8-4-3-7-9(10)5-1/h1-8H;4,11-12,15H,1-3H3,(H,13,14);1-8H. The zero-order chi connectivity index (χ0) is 29.9. The quantitative estimate of drug-likeness (QED) is 0.189. The van der Waals surface area contributed by atoms with Crippen LogP contribution in [0.1, 0.15) is 52.6 Å². The van der Waals surface area contributed by atoms with Gasteiger partial charge in [-0.15, -0.1) is 0 Å². The summed E-state index contributed by atoms with van der Waals surface area (Å²) in [5, 5.41) is 40.8. The summed E-state index contributed by atoms with van der Waals surface area (Å²) in [5.41, 5.74) is -1.71. The minimum atomic E-state index is -2.03. The fraction of sp³-hybridized carbons (Fsp3) is 0.147. The Bertz CT molecular complexity index is 1560. The second kappa shape index (κ2) is 11.2. The van der Waals surface area contributed by atoms with Crippen molar-refractivity contribution in [2.45, 2.75) is 26.4 Å². The van der Waals surface area contributed by atoms with Crippen LogP contribution in [0.5, 0.6) is 0 Å². The van der Waals surface area contributed by atoms with Crippen LogP contribution < -0.4 is 0 Å². The van der Waals surface area contributed by atoms with Gasteiger partial charge in [0, 0.05) is 22.3 Å². The summed E-state index contributed by atoms with van der Waals surface area (Å²) in [6.45, 7) is 3.77. The number of aliphatic hydroxyl groups is 3. The van der Waals surface area contributed by atoms with Gasteiger partial charge in [-0.2, -0.15) is 0 Å². The van der Waals surface area contributed by atoms with Gasteiger partial charge in [-0.1, -0.05) is 97.1 Å². The third-order valence-electron chi connectivity index (χ3n) is 7.59. The molecule has 0 aromatic heterocycles. The molecule has 0 amide bonds. The zero-order valence-electron chi connectivity index (χ0n) is 22.8. The zero-order valence-corrected chi connectivity index (χ0v) is 22.8. The van der Waals surface area contributed by atoms with E-state index in [1.165, 1.54) is 17.7 Å². The molecule has 0 saturated heterocycles. The van der Waals surface area contributed by atoms with E-state index in [1.807, 2.05) is 0 Å². The van der Waals surface area contributed by atoms with E-state index in [-0.39, 0.29) is 17.1 Å². The maximum atomic E-state index is 12.1. The van der Waals surface area contributed by atoms with Crippen molar-refractivity contribution in [2.75, 3.05) is 0 Å². The lowest BCUT2D eigenvalue weighted by Gasteiger charge is -2.41. The summed E-state index contributed by atoms with van der Waals surface area (Å²) in [4.78, 5) is 35.3. The smallest absolute Gasteiger partial charge is 0.320 e. The minimum Gasteiger partial charge on any atom is -0.511 e. The highest BCUT2D eigenvalue weighted by atomic mass is 16.4. The molecule has 0 spiro atoms. The first-order valence-electron chi connectivity index (χ1n) is 12.9. The molecule has 2 unspecified atom stereocenters. The Hall–Kier alpha value is -5.01. The Morgan fingerprint density at radius 1 is 0.634 bits per heavy atom. The molecule has 2 atom stereocenters. The predicted molar refractivity (Wildman–Crippen MR) is 156 cm³/mol. The fourth-order valence-electron chi connectivity index (χ4n) is 4.79. The molecule has 4 N–H and O–H groups in total. The Morgan fingerprint density at radius 2 is 0.951 bits per heavy atom. The number of benzene rings is 4. The molecular weight excluding hydrogens is 520 g/mol. The van der Waals surface area contributed by atoms with E-state index >= 15 is 0 Å². The Kier molecular flexibility index (Phi) is 7.94. The van der Waals surface area contributed by atoms with E-state index in [0.717, 1.165) is 19.9 Å². The number of carbonyl (C=O) groups excluding carboxylic acids is 2. The van der Waals surface area contributed by atoms with Gasteiger partial charge in [0.1, 0.15) is 17.1 Å². The number of hydrogen-bond acceptors (Lipinski definition) is 6. The predicted octanol–water partition coefficient (Wildman–Crippen LogP) is 6.42. The van der Waals surface area contributed by atoms with Crippen LogP contribution >= 0.6 is 0 Å². The van der Waals surface area contributed by atoms with Crippen molar-refractivity contribution in [3.8, 4) is 0 Å². The first-order chi connectivity index (χ1) is 19.4. The summed E-state index contributed by atoms with van der Waals surface area (Å²) in [6.07, 6.45) is 1.15. The highest BCUT2D eigenvalue weighted by molar-refractivity contribution is 6.28. The monoisotopic (exact) mass is 550 g/mol. The number of fused-ring (bicyclic) bond motifs is 3. The van der Waals surface area contributed by atoms with E-state index in [1.54, 1.807) is 48.5 Å². The number of carbonyl (C=O) groups is 3. The summed E-state index contributed by atoms with van der Waals surface area (Å²) < 4.78 is 0. The normalized spacial score (nSPS) is 20.9. The van der Waals surface area contributed by atoms with Crippen LogP contribution in [0.15, 0.2) is 120 Å².